The fourth-order valence-electron chi connectivity index (χ4n) is 0.762. The van der Waals surface area contributed by atoms with E-state index in [0.717, 1.165) is 5.57 Å². The van der Waals surface area contributed by atoms with Crippen LogP contribution in [0.5, 0.6) is 0 Å². The lowest BCUT2D eigenvalue weighted by Crippen LogP contribution is -1.96. The number of rotatable bonds is 1. The van der Waals surface area contributed by atoms with Gasteiger partial charge in [0.05, 0.1) is 0 Å². The highest BCUT2D eigenvalue weighted by Gasteiger charge is 2.02. The number of alkyl halides is 1. The molecule has 0 heterocycles. The lowest BCUT2D eigenvalue weighted by atomic mass is 10.1. The second-order valence-electron chi connectivity index (χ2n) is 2.02. The topological polar surface area (TPSA) is 0 Å². The summed E-state index contributed by atoms with van der Waals surface area (Å²) in [5.41, 5.74) is 1.02. The van der Waals surface area contributed by atoms with Crippen molar-refractivity contribution in [2.45, 2.75) is 12.6 Å². The molecule has 1 unspecified atom stereocenters. The average Bonchev–Trinajstić information content (AvgIpc) is 1.90. The van der Waals surface area contributed by atoms with Gasteiger partial charge in [-0.05, 0) is 11.6 Å². The first-order valence-corrected chi connectivity index (χ1v) is 2.98. The predicted molar refractivity (Wildman–Crippen MR) is 36.9 cm³/mol. The summed E-state index contributed by atoms with van der Waals surface area (Å²) >= 11 is 0. The molecule has 1 rings (SSSR count). The molecule has 0 aliphatic heterocycles. The van der Waals surface area contributed by atoms with Crippen molar-refractivity contribution in [1.82, 2.24) is 0 Å². The molecule has 0 N–H and O–H groups in total. The number of halogens is 1. The maximum absolute atomic E-state index is 12.3. The first kappa shape index (κ1) is 6.27. The molecule has 0 radical (unpaired) electrons. The van der Waals surface area contributed by atoms with Crippen molar-refractivity contribution in [2.24, 2.45) is 0 Å². The zero-order valence-electron chi connectivity index (χ0n) is 5.18. The van der Waals surface area contributed by atoms with Gasteiger partial charge in [-0.25, -0.2) is 4.39 Å². The van der Waals surface area contributed by atoms with E-state index in [0.29, 0.717) is 6.42 Å². The van der Waals surface area contributed by atoms with Crippen molar-refractivity contribution in [3.05, 3.63) is 36.5 Å². The molecule has 1 heteroatoms. The Kier molecular flexibility index (Phi) is 1.83. The molecule has 0 spiro atoms. The van der Waals surface area contributed by atoms with Crippen LogP contribution in [0.1, 0.15) is 6.42 Å². The van der Waals surface area contributed by atoms with Gasteiger partial charge in [0.2, 0.25) is 0 Å². The molecule has 0 aromatic rings. The SMILES string of the molecule is C=CC1=CCC(F)C=C1. The summed E-state index contributed by atoms with van der Waals surface area (Å²) in [6.45, 7) is 3.57. The van der Waals surface area contributed by atoms with Crippen LogP contribution in [0.15, 0.2) is 36.5 Å². The van der Waals surface area contributed by atoms with Crippen molar-refractivity contribution in [3.63, 3.8) is 0 Å². The molecule has 1 aliphatic carbocycles. The van der Waals surface area contributed by atoms with E-state index in [-0.39, 0.29) is 0 Å². The number of hydrogen-bond donors (Lipinski definition) is 0. The monoisotopic (exact) mass is 124 g/mol. The van der Waals surface area contributed by atoms with Crippen LogP contribution in [-0.2, 0) is 0 Å². The lowest BCUT2D eigenvalue weighted by Gasteiger charge is -2.04. The van der Waals surface area contributed by atoms with Gasteiger partial charge in [0.1, 0.15) is 6.17 Å². The van der Waals surface area contributed by atoms with E-state index in [4.69, 9.17) is 0 Å². The Bertz CT molecular complexity index is 165. The molecule has 48 valence electrons. The Hall–Kier alpha value is -0.850. The van der Waals surface area contributed by atoms with Crippen LogP contribution in [0.2, 0.25) is 0 Å². The van der Waals surface area contributed by atoms with Crippen LogP contribution in [0.3, 0.4) is 0 Å². The van der Waals surface area contributed by atoms with E-state index in [1.54, 1.807) is 18.2 Å². The average molecular weight is 124 g/mol. The lowest BCUT2D eigenvalue weighted by molar-refractivity contribution is 0.401. The summed E-state index contributed by atoms with van der Waals surface area (Å²) in [6, 6.07) is 0. The van der Waals surface area contributed by atoms with Gasteiger partial charge in [0.15, 0.2) is 0 Å². The minimum Gasteiger partial charge on any atom is -0.243 e. The normalized spacial score (nSPS) is 25.4. The Balaban J connectivity index is 2.62. The van der Waals surface area contributed by atoms with Crippen LogP contribution in [0, 0.1) is 0 Å². The first-order valence-electron chi connectivity index (χ1n) is 2.98. The highest BCUT2D eigenvalue weighted by molar-refractivity contribution is 5.32. The van der Waals surface area contributed by atoms with E-state index in [2.05, 4.69) is 6.58 Å². The number of allylic oxidation sites excluding steroid dienone is 5. The summed E-state index contributed by atoms with van der Waals surface area (Å²) in [4.78, 5) is 0. The van der Waals surface area contributed by atoms with E-state index in [1.807, 2.05) is 6.08 Å². The van der Waals surface area contributed by atoms with Crippen LogP contribution in [0.4, 0.5) is 4.39 Å². The van der Waals surface area contributed by atoms with Gasteiger partial charge in [0, 0.05) is 6.42 Å². The zero-order valence-corrected chi connectivity index (χ0v) is 5.18. The third-order valence-electron chi connectivity index (χ3n) is 1.31. The highest BCUT2D eigenvalue weighted by Crippen LogP contribution is 2.12. The van der Waals surface area contributed by atoms with Crippen molar-refractivity contribution in [1.29, 1.82) is 0 Å². The maximum Gasteiger partial charge on any atom is 0.122 e. The molecule has 0 amide bonds. The van der Waals surface area contributed by atoms with E-state index in [1.165, 1.54) is 0 Å². The van der Waals surface area contributed by atoms with Crippen molar-refractivity contribution in [2.75, 3.05) is 0 Å². The Morgan fingerprint density at radius 3 is 3.00 bits per heavy atom. The minimum absolute atomic E-state index is 0.498. The standard InChI is InChI=1S/C8H9F/c1-2-7-3-5-8(9)6-4-7/h2-5,8H,1,6H2. The molecule has 1 atom stereocenters. The van der Waals surface area contributed by atoms with E-state index >= 15 is 0 Å². The van der Waals surface area contributed by atoms with Crippen LogP contribution in [-0.4, -0.2) is 6.17 Å². The molecular weight excluding hydrogens is 115 g/mol. The smallest absolute Gasteiger partial charge is 0.122 e. The van der Waals surface area contributed by atoms with Gasteiger partial charge in [-0.15, -0.1) is 0 Å². The van der Waals surface area contributed by atoms with Crippen molar-refractivity contribution in [3.8, 4) is 0 Å². The van der Waals surface area contributed by atoms with Crippen molar-refractivity contribution < 1.29 is 4.39 Å². The molecule has 0 aromatic carbocycles. The predicted octanol–water partition coefficient (Wildman–Crippen LogP) is 2.40. The maximum atomic E-state index is 12.3. The summed E-state index contributed by atoms with van der Waals surface area (Å²) in [7, 11) is 0. The fourth-order valence-corrected chi connectivity index (χ4v) is 0.762. The van der Waals surface area contributed by atoms with Gasteiger partial charge >= 0.3 is 0 Å². The molecule has 0 bridgehead atoms. The Labute approximate surface area is 54.4 Å². The van der Waals surface area contributed by atoms with E-state index < -0.39 is 6.17 Å². The molecular formula is C8H9F. The largest absolute Gasteiger partial charge is 0.243 e. The van der Waals surface area contributed by atoms with Crippen LogP contribution < -0.4 is 0 Å². The van der Waals surface area contributed by atoms with Gasteiger partial charge in [0.25, 0.3) is 0 Å². The first-order chi connectivity index (χ1) is 4.33. The molecule has 9 heavy (non-hydrogen) atoms. The molecule has 0 nitrogen and oxygen atoms in total. The summed E-state index contributed by atoms with van der Waals surface area (Å²) < 4.78 is 12.3. The molecule has 0 aromatic heterocycles. The second kappa shape index (κ2) is 2.62. The third-order valence-corrected chi connectivity index (χ3v) is 1.31. The Morgan fingerprint density at radius 1 is 1.78 bits per heavy atom. The molecule has 0 fully saturated rings. The fraction of sp³-hybridized carbons (Fsp3) is 0.250. The summed E-state index contributed by atoms with van der Waals surface area (Å²) in [5, 5.41) is 0. The quantitative estimate of drug-likeness (QED) is 0.503. The van der Waals surface area contributed by atoms with Crippen molar-refractivity contribution >= 4 is 0 Å². The zero-order chi connectivity index (χ0) is 6.69. The number of hydrogen-bond acceptors (Lipinski definition) is 0. The second-order valence-corrected chi connectivity index (χ2v) is 2.02. The van der Waals surface area contributed by atoms with Gasteiger partial charge in [-0.3, -0.25) is 0 Å². The summed E-state index contributed by atoms with van der Waals surface area (Å²) in [6.07, 6.45) is 6.59. The summed E-state index contributed by atoms with van der Waals surface area (Å²) in [5.74, 6) is 0. The highest BCUT2D eigenvalue weighted by atomic mass is 19.1. The molecule has 0 saturated carbocycles. The van der Waals surface area contributed by atoms with Gasteiger partial charge < -0.3 is 0 Å². The van der Waals surface area contributed by atoms with Gasteiger partial charge in [-0.1, -0.05) is 24.8 Å². The van der Waals surface area contributed by atoms with Crippen LogP contribution in [0.25, 0.3) is 0 Å². The van der Waals surface area contributed by atoms with E-state index in [9.17, 15) is 4.39 Å². The Morgan fingerprint density at radius 2 is 2.56 bits per heavy atom. The molecule has 1 aliphatic rings. The van der Waals surface area contributed by atoms with Crippen LogP contribution >= 0.6 is 0 Å². The van der Waals surface area contributed by atoms with Gasteiger partial charge in [-0.2, -0.15) is 0 Å². The minimum atomic E-state index is -0.784. The third kappa shape index (κ3) is 1.53. The molecule has 0 saturated heterocycles.